The van der Waals surface area contributed by atoms with Crippen LogP contribution in [0.4, 0.5) is 0 Å². The molecule has 18 heavy (non-hydrogen) atoms. The van der Waals surface area contributed by atoms with Gasteiger partial charge < -0.3 is 10.6 Å². The summed E-state index contributed by atoms with van der Waals surface area (Å²) in [6, 6.07) is 6.10. The summed E-state index contributed by atoms with van der Waals surface area (Å²) in [5, 5.41) is 0. The van der Waals surface area contributed by atoms with Gasteiger partial charge in [0.25, 0.3) is 0 Å². The first-order chi connectivity index (χ1) is 8.65. The number of amides is 1. The largest absolute Gasteiger partial charge is 0.370 e. The van der Waals surface area contributed by atoms with Gasteiger partial charge in [-0.3, -0.25) is 9.78 Å². The van der Waals surface area contributed by atoms with Crippen LogP contribution in [0.2, 0.25) is 0 Å². The number of piperidine rings is 1. The number of aryl methyl sites for hydroxylation is 1. The molecule has 1 unspecified atom stereocenters. The highest BCUT2D eigenvalue weighted by Gasteiger charge is 2.19. The Hall–Kier alpha value is -1.42. The molecule has 1 aliphatic heterocycles. The minimum atomic E-state index is -0.264. The summed E-state index contributed by atoms with van der Waals surface area (Å²) in [4.78, 5) is 17.8. The van der Waals surface area contributed by atoms with Crippen LogP contribution in [0.15, 0.2) is 18.2 Å². The average Bonchev–Trinajstić information content (AvgIpc) is 2.37. The van der Waals surface area contributed by atoms with Crippen LogP contribution in [0.25, 0.3) is 0 Å². The van der Waals surface area contributed by atoms with Crippen molar-refractivity contribution in [1.29, 1.82) is 0 Å². The van der Waals surface area contributed by atoms with Crippen molar-refractivity contribution in [2.75, 3.05) is 20.1 Å². The topological polar surface area (TPSA) is 59.2 Å². The number of hydrogen-bond acceptors (Lipinski definition) is 3. The molecule has 1 saturated heterocycles. The van der Waals surface area contributed by atoms with Crippen molar-refractivity contribution in [1.82, 2.24) is 9.88 Å². The van der Waals surface area contributed by atoms with E-state index in [9.17, 15) is 4.79 Å². The number of carbonyl (C=O) groups excluding carboxylic acids is 1. The molecule has 1 aromatic rings. The maximum absolute atomic E-state index is 10.8. The van der Waals surface area contributed by atoms with E-state index in [4.69, 9.17) is 5.73 Å². The number of aromatic nitrogens is 1. The van der Waals surface area contributed by atoms with Gasteiger partial charge in [0.15, 0.2) is 0 Å². The van der Waals surface area contributed by atoms with Gasteiger partial charge in [-0.25, -0.2) is 0 Å². The second kappa shape index (κ2) is 5.96. The summed E-state index contributed by atoms with van der Waals surface area (Å²) >= 11 is 0. The Morgan fingerprint density at radius 2 is 2.39 bits per heavy atom. The lowest BCUT2D eigenvalue weighted by molar-refractivity contribution is -0.118. The molecule has 1 aliphatic rings. The van der Waals surface area contributed by atoms with E-state index in [1.165, 1.54) is 19.4 Å². The molecule has 2 rings (SSSR count). The normalized spacial score (nSPS) is 20.8. The summed E-state index contributed by atoms with van der Waals surface area (Å²) in [5.74, 6) is 0.261. The van der Waals surface area contributed by atoms with Crippen molar-refractivity contribution in [3.63, 3.8) is 0 Å². The summed E-state index contributed by atoms with van der Waals surface area (Å²) in [6.07, 6.45) is 3.46. The smallest absolute Gasteiger partial charge is 0.217 e. The minimum absolute atomic E-state index is 0.264. The van der Waals surface area contributed by atoms with Crippen LogP contribution in [-0.2, 0) is 11.2 Å². The fourth-order valence-corrected chi connectivity index (χ4v) is 2.52. The predicted molar refractivity (Wildman–Crippen MR) is 71.2 cm³/mol. The molecule has 1 aromatic heterocycles. The molecule has 98 valence electrons. The fraction of sp³-hybridized carbons (Fsp3) is 0.571. The first-order valence-electron chi connectivity index (χ1n) is 6.58. The molecule has 0 radical (unpaired) electrons. The van der Waals surface area contributed by atoms with E-state index < -0.39 is 0 Å². The number of carbonyl (C=O) groups is 1. The number of likely N-dealkylation sites (tertiary alicyclic amines) is 1. The zero-order valence-corrected chi connectivity index (χ0v) is 10.9. The van der Waals surface area contributed by atoms with Crippen molar-refractivity contribution < 1.29 is 4.79 Å². The first-order valence-corrected chi connectivity index (χ1v) is 6.58. The molecule has 0 saturated carbocycles. The monoisotopic (exact) mass is 247 g/mol. The van der Waals surface area contributed by atoms with Crippen molar-refractivity contribution in [2.45, 2.75) is 31.6 Å². The SMILES string of the molecule is CN1CCCC(c2cccc(CCC(N)=O)n2)C1. The van der Waals surface area contributed by atoms with E-state index in [0.717, 1.165) is 17.9 Å². The van der Waals surface area contributed by atoms with Crippen molar-refractivity contribution >= 4 is 5.91 Å². The third-order valence-electron chi connectivity index (χ3n) is 3.50. The Morgan fingerprint density at radius 1 is 1.56 bits per heavy atom. The molecule has 4 nitrogen and oxygen atoms in total. The molecule has 0 aliphatic carbocycles. The Labute approximate surface area is 108 Å². The number of rotatable bonds is 4. The lowest BCUT2D eigenvalue weighted by Crippen LogP contribution is -2.31. The Morgan fingerprint density at radius 3 is 3.11 bits per heavy atom. The Bertz CT molecular complexity index is 419. The number of primary amides is 1. The number of pyridine rings is 1. The van der Waals surface area contributed by atoms with Gasteiger partial charge in [-0.15, -0.1) is 0 Å². The van der Waals surface area contributed by atoms with Crippen molar-refractivity contribution in [3.8, 4) is 0 Å². The quantitative estimate of drug-likeness (QED) is 0.872. The molecule has 0 aromatic carbocycles. The van der Waals surface area contributed by atoms with Crippen LogP contribution in [0.1, 0.15) is 36.6 Å². The molecule has 4 heteroatoms. The van der Waals surface area contributed by atoms with Crippen molar-refractivity contribution in [3.05, 3.63) is 29.6 Å². The van der Waals surface area contributed by atoms with Crippen LogP contribution in [0.3, 0.4) is 0 Å². The summed E-state index contributed by atoms with van der Waals surface area (Å²) in [7, 11) is 2.16. The number of likely N-dealkylation sites (N-methyl/N-ethyl adjacent to an activating group) is 1. The van der Waals surface area contributed by atoms with E-state index >= 15 is 0 Å². The van der Waals surface area contributed by atoms with Gasteiger partial charge in [0.05, 0.1) is 0 Å². The van der Waals surface area contributed by atoms with Crippen LogP contribution in [0.5, 0.6) is 0 Å². The Balaban J connectivity index is 2.04. The summed E-state index contributed by atoms with van der Waals surface area (Å²) in [6.45, 7) is 2.25. The molecule has 1 atom stereocenters. The maximum atomic E-state index is 10.8. The van der Waals surface area contributed by atoms with Gasteiger partial charge in [-0.05, 0) is 45.0 Å². The summed E-state index contributed by atoms with van der Waals surface area (Å²) in [5.41, 5.74) is 7.29. The van der Waals surface area contributed by atoms with E-state index in [1.807, 2.05) is 12.1 Å². The van der Waals surface area contributed by atoms with E-state index in [2.05, 4.69) is 23.0 Å². The molecule has 2 N–H and O–H groups in total. The summed E-state index contributed by atoms with van der Waals surface area (Å²) < 4.78 is 0. The van der Waals surface area contributed by atoms with Gasteiger partial charge in [0.2, 0.25) is 5.91 Å². The molecule has 0 bridgehead atoms. The Kier molecular flexibility index (Phi) is 4.31. The predicted octanol–water partition coefficient (Wildman–Crippen LogP) is 1.31. The van der Waals surface area contributed by atoms with Crippen LogP contribution in [0, 0.1) is 0 Å². The highest BCUT2D eigenvalue weighted by atomic mass is 16.1. The third kappa shape index (κ3) is 3.53. The third-order valence-corrected chi connectivity index (χ3v) is 3.50. The van der Waals surface area contributed by atoms with Gasteiger partial charge in [0, 0.05) is 30.3 Å². The zero-order chi connectivity index (χ0) is 13.0. The van der Waals surface area contributed by atoms with Crippen LogP contribution < -0.4 is 5.73 Å². The standard InChI is InChI=1S/C14H21N3O/c1-17-9-3-4-11(10-17)13-6-2-5-12(16-13)7-8-14(15)18/h2,5-6,11H,3-4,7-10H2,1H3,(H2,15,18). The molecule has 1 fully saturated rings. The van der Waals surface area contributed by atoms with Gasteiger partial charge in [-0.2, -0.15) is 0 Å². The number of nitrogens with zero attached hydrogens (tertiary/aromatic N) is 2. The fourth-order valence-electron chi connectivity index (χ4n) is 2.52. The number of hydrogen-bond donors (Lipinski definition) is 1. The molecular formula is C14H21N3O. The highest BCUT2D eigenvalue weighted by Crippen LogP contribution is 2.24. The van der Waals surface area contributed by atoms with Gasteiger partial charge in [0.1, 0.15) is 0 Å². The zero-order valence-electron chi connectivity index (χ0n) is 10.9. The average molecular weight is 247 g/mol. The number of nitrogens with two attached hydrogens (primary N) is 1. The minimum Gasteiger partial charge on any atom is -0.370 e. The molecule has 2 heterocycles. The second-order valence-electron chi connectivity index (χ2n) is 5.12. The van der Waals surface area contributed by atoms with Crippen LogP contribution >= 0.6 is 0 Å². The molecule has 0 spiro atoms. The highest BCUT2D eigenvalue weighted by molar-refractivity contribution is 5.73. The second-order valence-corrected chi connectivity index (χ2v) is 5.12. The lowest BCUT2D eigenvalue weighted by Gasteiger charge is -2.29. The van der Waals surface area contributed by atoms with Gasteiger partial charge in [-0.1, -0.05) is 6.07 Å². The van der Waals surface area contributed by atoms with E-state index in [1.54, 1.807) is 0 Å². The van der Waals surface area contributed by atoms with Gasteiger partial charge >= 0.3 is 0 Å². The van der Waals surface area contributed by atoms with E-state index in [-0.39, 0.29) is 5.91 Å². The van der Waals surface area contributed by atoms with Crippen molar-refractivity contribution in [2.24, 2.45) is 5.73 Å². The molecular weight excluding hydrogens is 226 g/mol. The van der Waals surface area contributed by atoms with Crippen LogP contribution in [-0.4, -0.2) is 35.9 Å². The molecule has 1 amide bonds. The lowest BCUT2D eigenvalue weighted by atomic mass is 9.94. The first kappa shape index (κ1) is 13.0. The maximum Gasteiger partial charge on any atom is 0.217 e. The van der Waals surface area contributed by atoms with E-state index in [0.29, 0.717) is 18.8 Å².